The summed E-state index contributed by atoms with van der Waals surface area (Å²) in [6.45, 7) is 2.02. The molecule has 0 aliphatic heterocycles. The summed E-state index contributed by atoms with van der Waals surface area (Å²) in [5.41, 5.74) is 8.62. The summed E-state index contributed by atoms with van der Waals surface area (Å²) >= 11 is 1.69. The molecule has 19 heavy (non-hydrogen) atoms. The predicted octanol–water partition coefficient (Wildman–Crippen LogP) is 2.78. The fraction of sp³-hybridized carbons (Fsp3) is 0.143. The van der Waals surface area contributed by atoms with Gasteiger partial charge in [-0.05, 0) is 36.2 Å². The lowest BCUT2D eigenvalue weighted by Gasteiger charge is -2.07. The summed E-state index contributed by atoms with van der Waals surface area (Å²) < 4.78 is 0. The maximum atomic E-state index is 8.65. The van der Waals surface area contributed by atoms with Crippen molar-refractivity contribution in [3.8, 4) is 0 Å². The highest BCUT2D eigenvalue weighted by molar-refractivity contribution is 7.98. The maximum Gasteiger partial charge on any atom is 0.170 e. The van der Waals surface area contributed by atoms with Crippen molar-refractivity contribution in [3.63, 3.8) is 0 Å². The Labute approximate surface area is 116 Å². The maximum absolute atomic E-state index is 8.65. The molecule has 0 radical (unpaired) electrons. The molecule has 98 valence electrons. The largest absolute Gasteiger partial charge is 0.409 e. The Kier molecular flexibility index (Phi) is 4.41. The summed E-state index contributed by atoms with van der Waals surface area (Å²) in [6, 6.07) is 11.6. The van der Waals surface area contributed by atoms with Crippen LogP contribution in [-0.4, -0.2) is 16.0 Å². The standard InChI is InChI=1S/C14H15N3OS/c1-10-8-11(14(15)17-18)5-6-12(10)9-19-13-4-2-3-7-16-13/h2-8,18H,9H2,1H3,(H2,15,17). The van der Waals surface area contributed by atoms with Crippen LogP contribution < -0.4 is 5.73 Å². The second-order valence-electron chi connectivity index (χ2n) is 4.08. The fourth-order valence-electron chi connectivity index (χ4n) is 1.66. The van der Waals surface area contributed by atoms with E-state index in [1.165, 1.54) is 5.56 Å². The first kappa shape index (κ1) is 13.4. The second-order valence-corrected chi connectivity index (χ2v) is 5.08. The van der Waals surface area contributed by atoms with Gasteiger partial charge in [-0.3, -0.25) is 0 Å². The second kappa shape index (κ2) is 6.24. The highest BCUT2D eigenvalue weighted by Crippen LogP contribution is 2.22. The van der Waals surface area contributed by atoms with Gasteiger partial charge in [0.25, 0.3) is 0 Å². The number of nitrogens with zero attached hydrogens (tertiary/aromatic N) is 2. The van der Waals surface area contributed by atoms with E-state index in [9.17, 15) is 0 Å². The number of hydrogen-bond donors (Lipinski definition) is 2. The summed E-state index contributed by atoms with van der Waals surface area (Å²) in [5.74, 6) is 0.978. The number of benzene rings is 1. The topological polar surface area (TPSA) is 71.5 Å². The molecule has 0 unspecified atom stereocenters. The number of thioether (sulfide) groups is 1. The summed E-state index contributed by atoms with van der Waals surface area (Å²) in [5, 5.41) is 12.7. The Balaban J connectivity index is 2.10. The molecule has 2 aromatic rings. The van der Waals surface area contributed by atoms with E-state index in [2.05, 4.69) is 10.1 Å². The monoisotopic (exact) mass is 273 g/mol. The Morgan fingerprint density at radius 3 is 2.84 bits per heavy atom. The molecule has 0 aliphatic rings. The van der Waals surface area contributed by atoms with Crippen LogP contribution in [0.25, 0.3) is 0 Å². The minimum Gasteiger partial charge on any atom is -0.409 e. The van der Waals surface area contributed by atoms with E-state index in [-0.39, 0.29) is 5.84 Å². The number of pyridine rings is 1. The zero-order valence-electron chi connectivity index (χ0n) is 10.6. The van der Waals surface area contributed by atoms with E-state index < -0.39 is 0 Å². The first-order valence-corrected chi connectivity index (χ1v) is 6.80. The van der Waals surface area contributed by atoms with Crippen LogP contribution in [0.15, 0.2) is 52.8 Å². The van der Waals surface area contributed by atoms with Gasteiger partial charge in [0, 0.05) is 17.5 Å². The third kappa shape index (κ3) is 3.48. The third-order valence-corrected chi connectivity index (χ3v) is 3.75. The van der Waals surface area contributed by atoms with Crippen LogP contribution in [0.2, 0.25) is 0 Å². The number of hydrogen-bond acceptors (Lipinski definition) is 4. The quantitative estimate of drug-likeness (QED) is 0.295. The van der Waals surface area contributed by atoms with Crippen LogP contribution >= 0.6 is 11.8 Å². The molecule has 0 amide bonds. The minimum absolute atomic E-state index is 0.132. The Morgan fingerprint density at radius 2 is 2.21 bits per heavy atom. The van der Waals surface area contributed by atoms with Crippen molar-refractivity contribution in [1.29, 1.82) is 0 Å². The van der Waals surface area contributed by atoms with Crippen molar-refractivity contribution in [1.82, 2.24) is 4.98 Å². The molecule has 4 nitrogen and oxygen atoms in total. The lowest BCUT2D eigenvalue weighted by molar-refractivity contribution is 0.318. The van der Waals surface area contributed by atoms with E-state index in [1.807, 2.05) is 43.3 Å². The normalized spacial score (nSPS) is 11.5. The number of aromatic nitrogens is 1. The molecule has 1 aromatic heterocycles. The van der Waals surface area contributed by atoms with Crippen LogP contribution in [0.4, 0.5) is 0 Å². The number of nitrogens with two attached hydrogens (primary N) is 1. The zero-order chi connectivity index (χ0) is 13.7. The van der Waals surface area contributed by atoms with E-state index in [0.29, 0.717) is 0 Å². The average molecular weight is 273 g/mol. The van der Waals surface area contributed by atoms with Crippen LogP contribution in [0.1, 0.15) is 16.7 Å². The molecule has 0 saturated heterocycles. The molecule has 1 heterocycles. The molecule has 0 aliphatic carbocycles. The van der Waals surface area contributed by atoms with Gasteiger partial charge in [0.2, 0.25) is 0 Å². The number of amidine groups is 1. The molecular formula is C14H15N3OS. The molecule has 0 spiro atoms. The molecule has 0 fully saturated rings. The molecule has 3 N–H and O–H groups in total. The predicted molar refractivity (Wildman–Crippen MR) is 77.5 cm³/mol. The molecule has 5 heteroatoms. The van der Waals surface area contributed by atoms with Crippen molar-refractivity contribution >= 4 is 17.6 Å². The van der Waals surface area contributed by atoms with Gasteiger partial charge in [-0.2, -0.15) is 0 Å². The summed E-state index contributed by atoms with van der Waals surface area (Å²) in [4.78, 5) is 4.27. The number of rotatable bonds is 4. The highest BCUT2D eigenvalue weighted by atomic mass is 32.2. The van der Waals surface area contributed by atoms with Gasteiger partial charge in [0.1, 0.15) is 0 Å². The van der Waals surface area contributed by atoms with Gasteiger partial charge >= 0.3 is 0 Å². The first-order valence-electron chi connectivity index (χ1n) is 5.82. The van der Waals surface area contributed by atoms with E-state index in [4.69, 9.17) is 10.9 Å². The van der Waals surface area contributed by atoms with Crippen LogP contribution in [0.3, 0.4) is 0 Å². The molecular weight excluding hydrogens is 258 g/mol. The third-order valence-electron chi connectivity index (χ3n) is 2.76. The molecule has 0 atom stereocenters. The molecule has 2 rings (SSSR count). The van der Waals surface area contributed by atoms with Gasteiger partial charge in [-0.25, -0.2) is 4.98 Å². The minimum atomic E-state index is 0.132. The molecule has 1 aromatic carbocycles. The first-order chi connectivity index (χ1) is 9.20. The van der Waals surface area contributed by atoms with Gasteiger partial charge in [-0.15, -0.1) is 11.8 Å². The Bertz CT molecular complexity index is 584. The van der Waals surface area contributed by atoms with Crippen molar-refractivity contribution in [2.45, 2.75) is 17.7 Å². The van der Waals surface area contributed by atoms with Gasteiger partial charge in [0.15, 0.2) is 5.84 Å². The number of oxime groups is 1. The average Bonchev–Trinajstić information content (AvgIpc) is 2.46. The molecule has 0 bridgehead atoms. The van der Waals surface area contributed by atoms with Crippen molar-refractivity contribution < 1.29 is 5.21 Å². The summed E-state index contributed by atoms with van der Waals surface area (Å²) in [6.07, 6.45) is 1.79. The van der Waals surface area contributed by atoms with Crippen LogP contribution in [-0.2, 0) is 5.75 Å². The Morgan fingerprint density at radius 1 is 1.37 bits per heavy atom. The van der Waals surface area contributed by atoms with E-state index in [1.54, 1.807) is 18.0 Å². The number of aryl methyl sites for hydroxylation is 1. The van der Waals surface area contributed by atoms with E-state index in [0.717, 1.165) is 21.9 Å². The molecule has 0 saturated carbocycles. The smallest absolute Gasteiger partial charge is 0.170 e. The Hall–Kier alpha value is -2.01. The van der Waals surface area contributed by atoms with Crippen molar-refractivity contribution in [2.75, 3.05) is 0 Å². The van der Waals surface area contributed by atoms with Gasteiger partial charge < -0.3 is 10.9 Å². The van der Waals surface area contributed by atoms with Crippen molar-refractivity contribution in [3.05, 3.63) is 59.3 Å². The highest BCUT2D eigenvalue weighted by Gasteiger charge is 2.04. The van der Waals surface area contributed by atoms with Gasteiger partial charge in [0.05, 0.1) is 5.03 Å². The SMILES string of the molecule is Cc1cc(/C(N)=N/O)ccc1CSc1ccccn1. The fourth-order valence-corrected chi connectivity index (χ4v) is 2.60. The summed E-state index contributed by atoms with van der Waals surface area (Å²) in [7, 11) is 0. The lowest BCUT2D eigenvalue weighted by atomic mass is 10.1. The van der Waals surface area contributed by atoms with Gasteiger partial charge in [-0.1, -0.05) is 23.4 Å². The van der Waals surface area contributed by atoms with Crippen molar-refractivity contribution in [2.24, 2.45) is 10.9 Å². The van der Waals surface area contributed by atoms with Crippen LogP contribution in [0, 0.1) is 6.92 Å². The van der Waals surface area contributed by atoms with Crippen LogP contribution in [0.5, 0.6) is 0 Å². The lowest BCUT2D eigenvalue weighted by Crippen LogP contribution is -2.13. The zero-order valence-corrected chi connectivity index (χ0v) is 11.4. The van der Waals surface area contributed by atoms with E-state index >= 15 is 0 Å².